The highest BCUT2D eigenvalue weighted by Crippen LogP contribution is 2.28. The van der Waals surface area contributed by atoms with Crippen LogP contribution in [-0.4, -0.2) is 6.54 Å². The van der Waals surface area contributed by atoms with Crippen LogP contribution >= 0.6 is 22.9 Å². The maximum atomic E-state index is 6.03. The van der Waals surface area contributed by atoms with Crippen molar-refractivity contribution in [2.24, 2.45) is 0 Å². The molecule has 0 spiro atoms. The molecule has 0 saturated carbocycles. The van der Waals surface area contributed by atoms with E-state index in [1.807, 2.05) is 26.0 Å². The van der Waals surface area contributed by atoms with Gasteiger partial charge in [0.25, 0.3) is 0 Å². The lowest BCUT2D eigenvalue weighted by atomic mass is 10.1. The van der Waals surface area contributed by atoms with Crippen molar-refractivity contribution in [1.82, 2.24) is 5.32 Å². The lowest BCUT2D eigenvalue weighted by Gasteiger charge is -2.11. The monoisotopic (exact) mass is 309 g/mol. The van der Waals surface area contributed by atoms with E-state index >= 15 is 0 Å². The van der Waals surface area contributed by atoms with Crippen molar-refractivity contribution in [2.75, 3.05) is 6.54 Å². The highest BCUT2D eigenvalue weighted by atomic mass is 35.5. The average molecular weight is 310 g/mol. The number of halogens is 1. The van der Waals surface area contributed by atoms with Gasteiger partial charge in [0.2, 0.25) is 0 Å². The van der Waals surface area contributed by atoms with Crippen molar-refractivity contribution in [2.45, 2.75) is 33.9 Å². The number of benzene rings is 1. The van der Waals surface area contributed by atoms with Crippen molar-refractivity contribution < 1.29 is 4.74 Å². The Labute approximate surface area is 129 Å². The van der Waals surface area contributed by atoms with E-state index in [0.717, 1.165) is 35.0 Å². The Kier molecular flexibility index (Phi) is 5.46. The number of rotatable bonds is 6. The molecule has 1 aromatic heterocycles. The van der Waals surface area contributed by atoms with Crippen LogP contribution in [-0.2, 0) is 13.2 Å². The van der Waals surface area contributed by atoms with Crippen LogP contribution < -0.4 is 10.1 Å². The molecule has 4 heteroatoms. The first-order valence-corrected chi connectivity index (χ1v) is 7.97. The van der Waals surface area contributed by atoms with Crippen LogP contribution in [0.3, 0.4) is 0 Å². The van der Waals surface area contributed by atoms with Gasteiger partial charge in [-0.05, 0) is 55.8 Å². The van der Waals surface area contributed by atoms with E-state index < -0.39 is 0 Å². The summed E-state index contributed by atoms with van der Waals surface area (Å²) in [5.41, 5.74) is 2.17. The van der Waals surface area contributed by atoms with Gasteiger partial charge in [-0.3, -0.25) is 0 Å². The van der Waals surface area contributed by atoms with Crippen LogP contribution in [0.5, 0.6) is 5.75 Å². The second-order valence-electron chi connectivity index (χ2n) is 4.81. The molecule has 0 bridgehead atoms. The number of thiophene rings is 1. The van der Waals surface area contributed by atoms with E-state index in [1.54, 1.807) is 11.3 Å². The normalized spacial score (nSPS) is 10.8. The molecule has 1 aromatic carbocycles. The summed E-state index contributed by atoms with van der Waals surface area (Å²) in [6.07, 6.45) is 0. The zero-order valence-corrected chi connectivity index (χ0v) is 13.7. The Bertz CT molecular complexity index is 557. The molecule has 0 atom stereocenters. The first-order chi connectivity index (χ1) is 9.60. The maximum absolute atomic E-state index is 6.03. The summed E-state index contributed by atoms with van der Waals surface area (Å²) in [5.74, 6) is 0.941. The minimum atomic E-state index is 0.611. The minimum absolute atomic E-state index is 0.611. The summed E-state index contributed by atoms with van der Waals surface area (Å²) in [5, 5.41) is 4.09. The quantitative estimate of drug-likeness (QED) is 0.834. The molecular weight excluding hydrogens is 290 g/mol. The van der Waals surface area contributed by atoms with Gasteiger partial charge in [-0.15, -0.1) is 11.3 Å². The molecule has 2 rings (SSSR count). The standard InChI is InChI=1S/C16H20ClNOS/c1-4-18-9-14-5-6-15(20-14)10-19-16-11(2)7-13(17)8-12(16)3/h5-8,18H,4,9-10H2,1-3H3. The van der Waals surface area contributed by atoms with Crippen molar-refractivity contribution in [3.05, 3.63) is 50.2 Å². The molecule has 2 nitrogen and oxygen atoms in total. The third-order valence-electron chi connectivity index (χ3n) is 3.05. The number of aryl methyl sites for hydroxylation is 2. The Balaban J connectivity index is 2.00. The fourth-order valence-electron chi connectivity index (χ4n) is 2.11. The van der Waals surface area contributed by atoms with Crippen LogP contribution in [0.25, 0.3) is 0 Å². The fraction of sp³-hybridized carbons (Fsp3) is 0.375. The second-order valence-corrected chi connectivity index (χ2v) is 6.50. The Hall–Kier alpha value is -1.03. The largest absolute Gasteiger partial charge is 0.488 e. The predicted octanol–water partition coefficient (Wildman–Crippen LogP) is 4.71. The van der Waals surface area contributed by atoms with Gasteiger partial charge in [0, 0.05) is 21.3 Å². The van der Waals surface area contributed by atoms with E-state index in [4.69, 9.17) is 16.3 Å². The number of nitrogens with one attached hydrogen (secondary N) is 1. The fourth-order valence-corrected chi connectivity index (χ4v) is 3.34. The molecule has 0 aliphatic heterocycles. The molecule has 0 unspecified atom stereocenters. The third kappa shape index (κ3) is 3.98. The average Bonchev–Trinajstić information content (AvgIpc) is 2.83. The molecule has 20 heavy (non-hydrogen) atoms. The van der Waals surface area contributed by atoms with Crippen LogP contribution in [0.2, 0.25) is 5.02 Å². The Morgan fingerprint density at radius 3 is 2.45 bits per heavy atom. The molecule has 1 N–H and O–H groups in total. The summed E-state index contributed by atoms with van der Waals surface area (Å²) in [6.45, 7) is 8.70. The first kappa shape index (κ1) is 15.4. The van der Waals surface area contributed by atoms with Crippen molar-refractivity contribution in [1.29, 1.82) is 0 Å². The van der Waals surface area contributed by atoms with Crippen molar-refractivity contribution >= 4 is 22.9 Å². The highest BCUT2D eigenvalue weighted by molar-refractivity contribution is 7.11. The lowest BCUT2D eigenvalue weighted by molar-refractivity contribution is 0.305. The van der Waals surface area contributed by atoms with Crippen LogP contribution in [0.1, 0.15) is 27.8 Å². The zero-order chi connectivity index (χ0) is 14.5. The lowest BCUT2D eigenvalue weighted by Crippen LogP contribution is -2.10. The smallest absolute Gasteiger partial charge is 0.125 e. The van der Waals surface area contributed by atoms with Gasteiger partial charge in [0.05, 0.1) is 0 Å². The second kappa shape index (κ2) is 7.11. The summed E-state index contributed by atoms with van der Waals surface area (Å²) >= 11 is 7.82. The summed E-state index contributed by atoms with van der Waals surface area (Å²) in [4.78, 5) is 2.58. The SMILES string of the molecule is CCNCc1ccc(COc2c(C)cc(Cl)cc2C)s1. The minimum Gasteiger partial charge on any atom is -0.488 e. The first-order valence-electron chi connectivity index (χ1n) is 6.78. The summed E-state index contributed by atoms with van der Waals surface area (Å²) in [6, 6.07) is 8.18. The van der Waals surface area contributed by atoms with Crippen molar-refractivity contribution in [3.8, 4) is 5.75 Å². The molecular formula is C16H20ClNOS. The van der Waals surface area contributed by atoms with Gasteiger partial charge in [-0.2, -0.15) is 0 Å². The van der Waals surface area contributed by atoms with Gasteiger partial charge in [-0.1, -0.05) is 18.5 Å². The van der Waals surface area contributed by atoms with E-state index in [-0.39, 0.29) is 0 Å². The van der Waals surface area contributed by atoms with Crippen LogP contribution in [0, 0.1) is 13.8 Å². The van der Waals surface area contributed by atoms with Gasteiger partial charge < -0.3 is 10.1 Å². The van der Waals surface area contributed by atoms with Gasteiger partial charge in [0.15, 0.2) is 0 Å². The maximum Gasteiger partial charge on any atom is 0.125 e. The third-order valence-corrected chi connectivity index (χ3v) is 4.33. The van der Waals surface area contributed by atoms with Gasteiger partial charge >= 0.3 is 0 Å². The van der Waals surface area contributed by atoms with Gasteiger partial charge in [0.1, 0.15) is 12.4 Å². The predicted molar refractivity (Wildman–Crippen MR) is 87.0 cm³/mol. The molecule has 108 valence electrons. The van der Waals surface area contributed by atoms with E-state index in [2.05, 4.69) is 24.4 Å². The Morgan fingerprint density at radius 2 is 1.80 bits per heavy atom. The van der Waals surface area contributed by atoms with Crippen LogP contribution in [0.4, 0.5) is 0 Å². The van der Waals surface area contributed by atoms with E-state index in [0.29, 0.717) is 6.61 Å². The molecule has 0 saturated heterocycles. The topological polar surface area (TPSA) is 21.3 Å². The van der Waals surface area contributed by atoms with E-state index in [1.165, 1.54) is 9.75 Å². The van der Waals surface area contributed by atoms with Crippen LogP contribution in [0.15, 0.2) is 24.3 Å². The van der Waals surface area contributed by atoms with Gasteiger partial charge in [-0.25, -0.2) is 0 Å². The number of hydrogen-bond acceptors (Lipinski definition) is 3. The highest BCUT2D eigenvalue weighted by Gasteiger charge is 2.07. The molecule has 0 fully saturated rings. The summed E-state index contributed by atoms with van der Waals surface area (Å²) in [7, 11) is 0. The number of hydrogen-bond donors (Lipinski definition) is 1. The van der Waals surface area contributed by atoms with Crippen molar-refractivity contribution in [3.63, 3.8) is 0 Å². The number of ether oxygens (including phenoxy) is 1. The molecule has 0 aliphatic rings. The molecule has 0 radical (unpaired) electrons. The van der Waals surface area contributed by atoms with E-state index in [9.17, 15) is 0 Å². The Morgan fingerprint density at radius 1 is 1.15 bits per heavy atom. The molecule has 2 aromatic rings. The molecule has 0 amide bonds. The molecule has 0 aliphatic carbocycles. The summed E-state index contributed by atoms with van der Waals surface area (Å²) < 4.78 is 5.96. The zero-order valence-electron chi connectivity index (χ0n) is 12.1. The molecule has 1 heterocycles.